The molecule has 6 nitrogen and oxygen atoms in total. The van der Waals surface area contributed by atoms with Crippen molar-refractivity contribution in [1.29, 1.82) is 0 Å². The van der Waals surface area contributed by atoms with Crippen LogP contribution in [0.3, 0.4) is 0 Å². The van der Waals surface area contributed by atoms with Gasteiger partial charge in [0.15, 0.2) is 0 Å². The lowest BCUT2D eigenvalue weighted by atomic mass is 10.2. The lowest BCUT2D eigenvalue weighted by molar-refractivity contribution is 0.0737. The van der Waals surface area contributed by atoms with Crippen LogP contribution in [-0.4, -0.2) is 46.8 Å². The molecule has 2 heterocycles. The first-order valence-corrected chi connectivity index (χ1v) is 11.7. The fourth-order valence-corrected chi connectivity index (χ4v) is 4.36. The molecule has 1 fully saturated rings. The van der Waals surface area contributed by atoms with Gasteiger partial charge >= 0.3 is 0 Å². The van der Waals surface area contributed by atoms with Gasteiger partial charge in [-0.2, -0.15) is 5.10 Å². The van der Waals surface area contributed by atoms with Crippen molar-refractivity contribution in [2.24, 2.45) is 0 Å². The van der Waals surface area contributed by atoms with Gasteiger partial charge in [-0.05, 0) is 48.9 Å². The zero-order valence-electron chi connectivity index (χ0n) is 19.8. The molecule has 0 atom stereocenters. The maximum atomic E-state index is 13.4. The Morgan fingerprint density at radius 1 is 0.829 bits per heavy atom. The van der Waals surface area contributed by atoms with E-state index in [4.69, 9.17) is 0 Å². The normalized spacial score (nSPS) is 13.3. The van der Waals surface area contributed by atoms with Crippen LogP contribution in [-0.2, 0) is 6.54 Å². The summed E-state index contributed by atoms with van der Waals surface area (Å²) in [6.07, 6.45) is 0. The van der Waals surface area contributed by atoms with Gasteiger partial charge in [-0.3, -0.25) is 4.79 Å². The number of benzene rings is 3. The summed E-state index contributed by atoms with van der Waals surface area (Å²) >= 11 is 0. The number of carbonyl (C=O) groups excluding carboxylic acids is 1. The van der Waals surface area contributed by atoms with Crippen molar-refractivity contribution in [3.63, 3.8) is 0 Å². The monoisotopic (exact) mass is 487 g/mol. The number of carbonyl (C=O) groups is 1. The van der Waals surface area contributed by atoms with Gasteiger partial charge in [0.1, 0.15) is 5.69 Å². The van der Waals surface area contributed by atoms with Crippen molar-refractivity contribution in [2.45, 2.75) is 13.5 Å². The summed E-state index contributed by atoms with van der Waals surface area (Å²) in [5, 5.41) is 8.07. The molecular weight excluding hydrogens is 458 g/mol. The Labute approximate surface area is 212 Å². The molecule has 1 saturated heterocycles. The first-order chi connectivity index (χ1) is 16.7. The van der Waals surface area contributed by atoms with Crippen molar-refractivity contribution < 1.29 is 4.79 Å². The summed E-state index contributed by atoms with van der Waals surface area (Å²) in [5.74, 6) is 0.0300. The van der Waals surface area contributed by atoms with Gasteiger partial charge in [0.25, 0.3) is 5.91 Å². The molecule has 0 unspecified atom stereocenters. The number of halogens is 1. The van der Waals surface area contributed by atoms with E-state index in [9.17, 15) is 4.79 Å². The fraction of sp³-hybridized carbons (Fsp3) is 0.214. The lowest BCUT2D eigenvalue weighted by Crippen LogP contribution is -2.49. The van der Waals surface area contributed by atoms with E-state index in [1.807, 2.05) is 54.3 Å². The van der Waals surface area contributed by atoms with Crippen LogP contribution < -0.4 is 10.2 Å². The van der Waals surface area contributed by atoms with E-state index in [0.29, 0.717) is 18.8 Å². The molecule has 0 bridgehead atoms. The molecule has 1 aliphatic rings. The molecule has 180 valence electrons. The van der Waals surface area contributed by atoms with Crippen molar-refractivity contribution >= 4 is 29.7 Å². The van der Waals surface area contributed by atoms with Gasteiger partial charge in [-0.1, -0.05) is 54.6 Å². The second-order valence-corrected chi connectivity index (χ2v) is 8.59. The summed E-state index contributed by atoms with van der Waals surface area (Å²) in [6, 6.07) is 30.6. The van der Waals surface area contributed by atoms with E-state index in [0.717, 1.165) is 36.7 Å². The van der Waals surface area contributed by atoms with E-state index >= 15 is 0 Å². The highest BCUT2D eigenvalue weighted by atomic mass is 35.5. The lowest BCUT2D eigenvalue weighted by Gasteiger charge is -2.36. The second-order valence-electron chi connectivity index (χ2n) is 8.59. The maximum Gasteiger partial charge on any atom is 0.272 e. The molecule has 35 heavy (non-hydrogen) atoms. The minimum atomic E-state index is 0. The van der Waals surface area contributed by atoms with Gasteiger partial charge in [0, 0.05) is 44.1 Å². The van der Waals surface area contributed by atoms with E-state index in [1.54, 1.807) is 4.68 Å². The van der Waals surface area contributed by atoms with Gasteiger partial charge in [0.2, 0.25) is 0 Å². The number of hydrogen-bond acceptors (Lipinski definition) is 4. The van der Waals surface area contributed by atoms with Crippen LogP contribution in [0.25, 0.3) is 5.69 Å². The van der Waals surface area contributed by atoms with E-state index in [1.165, 1.54) is 11.3 Å². The SMILES string of the molecule is Cc1cc(C(=O)N2CCN(c3cccc(NCc4ccccc4)c3)CC2)n(-c2ccccc2)n1.Cl. The molecular formula is C28H30ClN5O. The predicted molar refractivity (Wildman–Crippen MR) is 144 cm³/mol. The summed E-state index contributed by atoms with van der Waals surface area (Å²) < 4.78 is 1.76. The third kappa shape index (κ3) is 5.66. The van der Waals surface area contributed by atoms with Crippen LogP contribution in [0.4, 0.5) is 11.4 Å². The fourth-order valence-electron chi connectivity index (χ4n) is 4.36. The number of aromatic nitrogens is 2. The third-order valence-electron chi connectivity index (χ3n) is 6.17. The predicted octanol–water partition coefficient (Wildman–Crippen LogP) is 5.18. The number of amides is 1. The molecule has 1 aromatic heterocycles. The largest absolute Gasteiger partial charge is 0.381 e. The molecule has 5 rings (SSSR count). The Bertz CT molecular complexity index is 1250. The first-order valence-electron chi connectivity index (χ1n) is 11.7. The minimum absolute atomic E-state index is 0. The molecule has 0 spiro atoms. The number of piperazine rings is 1. The molecule has 0 aliphatic carbocycles. The molecule has 1 amide bonds. The Morgan fingerprint density at radius 2 is 1.49 bits per heavy atom. The molecule has 7 heteroatoms. The van der Waals surface area contributed by atoms with Crippen molar-refractivity contribution in [3.05, 3.63) is 108 Å². The Morgan fingerprint density at radius 3 is 2.20 bits per heavy atom. The summed E-state index contributed by atoms with van der Waals surface area (Å²) in [6.45, 7) is 5.67. The minimum Gasteiger partial charge on any atom is -0.381 e. The van der Waals surface area contributed by atoms with E-state index < -0.39 is 0 Å². The molecule has 0 radical (unpaired) electrons. The number of aryl methyl sites for hydroxylation is 1. The summed E-state index contributed by atoms with van der Waals surface area (Å²) in [5.41, 5.74) is 5.88. The number of rotatable bonds is 6. The number of para-hydroxylation sites is 1. The van der Waals surface area contributed by atoms with Crippen LogP contribution in [0.2, 0.25) is 0 Å². The van der Waals surface area contributed by atoms with Crippen molar-refractivity contribution in [1.82, 2.24) is 14.7 Å². The van der Waals surface area contributed by atoms with Gasteiger partial charge < -0.3 is 15.1 Å². The molecule has 0 saturated carbocycles. The zero-order chi connectivity index (χ0) is 23.3. The Balaban J connectivity index is 0.00000289. The number of nitrogens with zero attached hydrogens (tertiary/aromatic N) is 4. The van der Waals surface area contributed by atoms with Gasteiger partial charge in [-0.25, -0.2) is 4.68 Å². The van der Waals surface area contributed by atoms with E-state index in [-0.39, 0.29) is 18.3 Å². The summed E-state index contributed by atoms with van der Waals surface area (Å²) in [4.78, 5) is 17.6. The van der Waals surface area contributed by atoms with Crippen LogP contribution in [0.1, 0.15) is 21.7 Å². The van der Waals surface area contributed by atoms with Crippen molar-refractivity contribution in [2.75, 3.05) is 36.4 Å². The molecule has 1 N–H and O–H groups in total. The average Bonchev–Trinajstić information content (AvgIpc) is 3.30. The molecule has 4 aromatic rings. The number of hydrogen-bond donors (Lipinski definition) is 1. The van der Waals surface area contributed by atoms with Crippen LogP contribution in [0.15, 0.2) is 91.0 Å². The molecule has 3 aromatic carbocycles. The maximum absolute atomic E-state index is 13.4. The third-order valence-corrected chi connectivity index (χ3v) is 6.17. The highest BCUT2D eigenvalue weighted by Gasteiger charge is 2.25. The average molecular weight is 488 g/mol. The first kappa shape index (κ1) is 24.4. The van der Waals surface area contributed by atoms with Crippen LogP contribution in [0, 0.1) is 6.92 Å². The zero-order valence-corrected chi connectivity index (χ0v) is 20.6. The standard InChI is InChI=1S/C28H29N5O.ClH/c1-22-19-27(33(30-22)25-12-6-3-7-13-25)28(34)32-17-15-31(16-18-32)26-14-8-11-24(20-26)29-21-23-9-4-2-5-10-23;/h2-14,19-20,29H,15-18,21H2,1H3;1H. The van der Waals surface area contributed by atoms with Gasteiger partial charge in [0.05, 0.1) is 11.4 Å². The second kappa shape index (κ2) is 11.1. The van der Waals surface area contributed by atoms with E-state index in [2.05, 4.69) is 63.8 Å². The van der Waals surface area contributed by atoms with Crippen molar-refractivity contribution in [3.8, 4) is 5.69 Å². The highest BCUT2D eigenvalue weighted by Crippen LogP contribution is 2.22. The number of nitrogens with one attached hydrogen (secondary N) is 1. The highest BCUT2D eigenvalue weighted by molar-refractivity contribution is 5.93. The quantitative estimate of drug-likeness (QED) is 0.407. The Kier molecular flexibility index (Phi) is 7.73. The molecule has 1 aliphatic heterocycles. The Hall–Kier alpha value is -3.77. The van der Waals surface area contributed by atoms with Crippen LogP contribution in [0.5, 0.6) is 0 Å². The number of anilines is 2. The summed E-state index contributed by atoms with van der Waals surface area (Å²) in [7, 11) is 0. The smallest absolute Gasteiger partial charge is 0.272 e. The van der Waals surface area contributed by atoms with Crippen LogP contribution >= 0.6 is 12.4 Å². The topological polar surface area (TPSA) is 53.4 Å². The van der Waals surface area contributed by atoms with Gasteiger partial charge in [-0.15, -0.1) is 12.4 Å².